The molecule has 4 heteroatoms. The summed E-state index contributed by atoms with van der Waals surface area (Å²) in [5.41, 5.74) is 1.78. The lowest BCUT2D eigenvalue weighted by Crippen LogP contribution is -2.09. The highest BCUT2D eigenvalue weighted by molar-refractivity contribution is 6.42. The van der Waals surface area contributed by atoms with E-state index >= 15 is 0 Å². The molecule has 0 aromatic heterocycles. The predicted octanol–water partition coefficient (Wildman–Crippen LogP) is 5.70. The van der Waals surface area contributed by atoms with E-state index in [1.165, 1.54) is 6.07 Å². The van der Waals surface area contributed by atoms with Gasteiger partial charge in [-0.2, -0.15) is 0 Å². The van der Waals surface area contributed by atoms with Gasteiger partial charge >= 0.3 is 0 Å². The zero-order chi connectivity index (χ0) is 13.8. The van der Waals surface area contributed by atoms with Crippen molar-refractivity contribution in [2.45, 2.75) is 19.4 Å². The van der Waals surface area contributed by atoms with Crippen LogP contribution in [0.2, 0.25) is 10.0 Å². The molecule has 0 fully saturated rings. The van der Waals surface area contributed by atoms with Crippen LogP contribution >= 0.6 is 23.2 Å². The highest BCUT2D eigenvalue weighted by Gasteiger charge is 2.10. The zero-order valence-corrected chi connectivity index (χ0v) is 12.0. The Kier molecular flexibility index (Phi) is 4.67. The third-order valence-corrected chi connectivity index (χ3v) is 3.66. The van der Waals surface area contributed by atoms with Crippen LogP contribution in [0.25, 0.3) is 0 Å². The average molecular weight is 298 g/mol. The maximum atomic E-state index is 13.3. The molecular weight excluding hydrogens is 284 g/mol. The van der Waals surface area contributed by atoms with Crippen molar-refractivity contribution >= 4 is 28.9 Å². The quantitative estimate of drug-likeness (QED) is 0.764. The maximum absolute atomic E-state index is 13.3. The van der Waals surface area contributed by atoms with Crippen LogP contribution in [0.5, 0.6) is 0 Å². The maximum Gasteiger partial charge on any atom is 0.123 e. The summed E-state index contributed by atoms with van der Waals surface area (Å²) in [6.45, 7) is 2.04. The van der Waals surface area contributed by atoms with Crippen LogP contribution < -0.4 is 5.32 Å². The van der Waals surface area contributed by atoms with Gasteiger partial charge in [-0.25, -0.2) is 4.39 Å². The molecule has 1 unspecified atom stereocenters. The summed E-state index contributed by atoms with van der Waals surface area (Å²) in [4.78, 5) is 0. The summed E-state index contributed by atoms with van der Waals surface area (Å²) in [6, 6.07) is 12.0. The molecule has 1 nitrogen and oxygen atoms in total. The number of rotatable bonds is 4. The van der Waals surface area contributed by atoms with Crippen LogP contribution in [-0.4, -0.2) is 0 Å². The van der Waals surface area contributed by atoms with Crippen molar-refractivity contribution in [3.05, 3.63) is 63.9 Å². The van der Waals surface area contributed by atoms with Crippen molar-refractivity contribution in [1.29, 1.82) is 0 Å². The van der Waals surface area contributed by atoms with Crippen molar-refractivity contribution in [3.63, 3.8) is 0 Å². The Labute approximate surface area is 122 Å². The van der Waals surface area contributed by atoms with Gasteiger partial charge in [0, 0.05) is 5.69 Å². The number of hydrogen-bond donors (Lipinski definition) is 1. The number of anilines is 1. The topological polar surface area (TPSA) is 12.0 Å². The molecule has 0 saturated heterocycles. The largest absolute Gasteiger partial charge is 0.378 e. The van der Waals surface area contributed by atoms with Gasteiger partial charge in [-0.05, 0) is 42.3 Å². The van der Waals surface area contributed by atoms with Gasteiger partial charge in [0.2, 0.25) is 0 Å². The molecule has 0 heterocycles. The van der Waals surface area contributed by atoms with E-state index in [-0.39, 0.29) is 11.9 Å². The summed E-state index contributed by atoms with van der Waals surface area (Å²) in [6.07, 6.45) is 0.837. The molecule has 0 amide bonds. The summed E-state index contributed by atoms with van der Waals surface area (Å²) in [7, 11) is 0. The minimum absolute atomic E-state index is 0.0351. The minimum Gasteiger partial charge on any atom is -0.378 e. The molecule has 19 heavy (non-hydrogen) atoms. The van der Waals surface area contributed by atoms with Gasteiger partial charge in [0.25, 0.3) is 0 Å². The molecule has 0 aliphatic carbocycles. The van der Waals surface area contributed by atoms with Crippen LogP contribution in [0.3, 0.4) is 0 Å². The molecule has 1 atom stereocenters. The normalized spacial score (nSPS) is 12.2. The zero-order valence-electron chi connectivity index (χ0n) is 10.5. The smallest absolute Gasteiger partial charge is 0.123 e. The molecule has 0 saturated carbocycles. The van der Waals surface area contributed by atoms with Crippen LogP contribution in [0.1, 0.15) is 24.9 Å². The first-order chi connectivity index (χ1) is 9.10. The molecule has 2 aromatic carbocycles. The van der Waals surface area contributed by atoms with Crippen molar-refractivity contribution in [1.82, 2.24) is 0 Å². The number of benzene rings is 2. The SMILES string of the molecule is CCC(Nc1ccc(Cl)c(Cl)c1)c1cccc(F)c1. The van der Waals surface area contributed by atoms with Gasteiger partial charge in [-0.1, -0.05) is 42.3 Å². The fourth-order valence-corrected chi connectivity index (χ4v) is 2.23. The average Bonchev–Trinajstić information content (AvgIpc) is 2.40. The first-order valence-corrected chi connectivity index (χ1v) is 6.82. The highest BCUT2D eigenvalue weighted by Crippen LogP contribution is 2.28. The van der Waals surface area contributed by atoms with Gasteiger partial charge in [0.15, 0.2) is 0 Å². The third kappa shape index (κ3) is 3.62. The summed E-state index contributed by atoms with van der Waals surface area (Å²) < 4.78 is 13.3. The van der Waals surface area contributed by atoms with Crippen molar-refractivity contribution in [2.24, 2.45) is 0 Å². The molecule has 0 aliphatic rings. The lowest BCUT2D eigenvalue weighted by molar-refractivity contribution is 0.621. The second kappa shape index (κ2) is 6.27. The minimum atomic E-state index is -0.230. The third-order valence-electron chi connectivity index (χ3n) is 2.92. The van der Waals surface area contributed by atoms with Crippen LogP contribution in [-0.2, 0) is 0 Å². The summed E-state index contributed by atoms with van der Waals surface area (Å²) in [5, 5.41) is 4.35. The summed E-state index contributed by atoms with van der Waals surface area (Å²) in [5.74, 6) is -0.230. The highest BCUT2D eigenvalue weighted by atomic mass is 35.5. The van der Waals surface area contributed by atoms with E-state index < -0.39 is 0 Å². The van der Waals surface area contributed by atoms with E-state index in [2.05, 4.69) is 5.32 Å². The first-order valence-electron chi connectivity index (χ1n) is 6.07. The van der Waals surface area contributed by atoms with Crippen LogP contribution in [0, 0.1) is 5.82 Å². The molecule has 0 radical (unpaired) electrons. The van der Waals surface area contributed by atoms with Gasteiger partial charge in [0.05, 0.1) is 16.1 Å². The summed E-state index contributed by atoms with van der Waals surface area (Å²) >= 11 is 11.9. The van der Waals surface area contributed by atoms with Gasteiger partial charge in [0.1, 0.15) is 5.82 Å². The number of nitrogens with one attached hydrogen (secondary N) is 1. The van der Waals surface area contributed by atoms with E-state index in [9.17, 15) is 4.39 Å². The lowest BCUT2D eigenvalue weighted by Gasteiger charge is -2.19. The Hall–Kier alpha value is -1.25. The molecule has 0 bridgehead atoms. The lowest BCUT2D eigenvalue weighted by atomic mass is 10.0. The van der Waals surface area contributed by atoms with Gasteiger partial charge in [-0.3, -0.25) is 0 Å². The van der Waals surface area contributed by atoms with Crippen molar-refractivity contribution in [2.75, 3.05) is 5.32 Å². The second-order valence-corrected chi connectivity index (χ2v) is 5.10. The van der Waals surface area contributed by atoms with Crippen LogP contribution in [0.4, 0.5) is 10.1 Å². The monoisotopic (exact) mass is 297 g/mol. The standard InChI is InChI=1S/C15H14Cl2FN/c1-2-15(10-4-3-5-11(18)8-10)19-12-6-7-13(16)14(17)9-12/h3-9,15,19H,2H2,1H3. The van der Waals surface area contributed by atoms with E-state index in [0.717, 1.165) is 17.7 Å². The van der Waals surface area contributed by atoms with E-state index in [1.807, 2.05) is 19.1 Å². The Morgan fingerprint density at radius 1 is 1.11 bits per heavy atom. The van der Waals surface area contributed by atoms with Crippen molar-refractivity contribution in [3.8, 4) is 0 Å². The molecule has 0 aliphatic heterocycles. The van der Waals surface area contributed by atoms with Crippen LogP contribution in [0.15, 0.2) is 42.5 Å². The number of hydrogen-bond acceptors (Lipinski definition) is 1. The molecule has 100 valence electrons. The molecule has 2 aromatic rings. The Morgan fingerprint density at radius 3 is 2.53 bits per heavy atom. The Balaban J connectivity index is 2.21. The predicted molar refractivity (Wildman–Crippen MR) is 79.5 cm³/mol. The molecule has 1 N–H and O–H groups in total. The molecule has 0 spiro atoms. The van der Waals surface area contributed by atoms with E-state index in [1.54, 1.807) is 24.3 Å². The Bertz CT molecular complexity index is 572. The molecular formula is C15H14Cl2FN. The Morgan fingerprint density at radius 2 is 1.89 bits per heavy atom. The van der Waals surface area contributed by atoms with E-state index in [0.29, 0.717) is 10.0 Å². The molecule has 2 rings (SSSR count). The second-order valence-electron chi connectivity index (χ2n) is 4.29. The first kappa shape index (κ1) is 14.2. The van der Waals surface area contributed by atoms with Crippen molar-refractivity contribution < 1.29 is 4.39 Å². The fourth-order valence-electron chi connectivity index (χ4n) is 1.93. The number of halogens is 3. The fraction of sp³-hybridized carbons (Fsp3) is 0.200. The van der Waals surface area contributed by atoms with E-state index in [4.69, 9.17) is 23.2 Å². The van der Waals surface area contributed by atoms with Gasteiger partial charge < -0.3 is 5.32 Å². The van der Waals surface area contributed by atoms with Gasteiger partial charge in [-0.15, -0.1) is 0 Å².